The van der Waals surface area contributed by atoms with Crippen molar-refractivity contribution in [1.29, 1.82) is 0 Å². The van der Waals surface area contributed by atoms with Gasteiger partial charge in [0, 0.05) is 23.1 Å². The lowest BCUT2D eigenvalue weighted by molar-refractivity contribution is -0.137. The van der Waals surface area contributed by atoms with Gasteiger partial charge in [0.25, 0.3) is 0 Å². The molecule has 0 heterocycles. The van der Waals surface area contributed by atoms with E-state index in [1.54, 1.807) is 26.0 Å². The molecule has 2 N–H and O–H groups in total. The van der Waals surface area contributed by atoms with Crippen molar-refractivity contribution >= 4 is 29.6 Å². The van der Waals surface area contributed by atoms with E-state index in [1.165, 1.54) is 6.08 Å². The maximum Gasteiger partial charge on any atom is 0.303 e. The highest BCUT2D eigenvalue weighted by Gasteiger charge is 2.20. The number of aliphatic carboxylic acids is 1. The molecule has 1 rings (SSSR count). The van der Waals surface area contributed by atoms with E-state index in [4.69, 9.17) is 16.7 Å². The van der Waals surface area contributed by atoms with E-state index in [2.05, 4.69) is 5.32 Å². The smallest absolute Gasteiger partial charge is 0.303 e. The van der Waals surface area contributed by atoms with Crippen LogP contribution in [0.15, 0.2) is 24.3 Å². The number of halogens is 1. The van der Waals surface area contributed by atoms with Crippen molar-refractivity contribution in [3.05, 3.63) is 40.4 Å². The lowest BCUT2D eigenvalue weighted by Gasteiger charge is -2.24. The van der Waals surface area contributed by atoms with Crippen molar-refractivity contribution in [3.63, 3.8) is 0 Å². The molecule has 21 heavy (non-hydrogen) atoms. The number of carboxylic acid groups (broad SMARTS) is 1. The van der Waals surface area contributed by atoms with E-state index in [0.717, 1.165) is 11.1 Å². The van der Waals surface area contributed by atoms with Gasteiger partial charge in [-0.1, -0.05) is 23.7 Å². The Morgan fingerprint density at radius 2 is 2.05 bits per heavy atom. The molecule has 0 aliphatic heterocycles. The van der Waals surface area contributed by atoms with Crippen molar-refractivity contribution < 1.29 is 14.7 Å². The first kappa shape index (κ1) is 17.2. The molecule has 1 amide bonds. The van der Waals surface area contributed by atoms with E-state index in [0.29, 0.717) is 11.4 Å². The molecule has 1 aromatic rings. The van der Waals surface area contributed by atoms with Crippen LogP contribution in [0.3, 0.4) is 0 Å². The summed E-state index contributed by atoms with van der Waals surface area (Å²) in [6.07, 6.45) is 3.49. The highest BCUT2D eigenvalue weighted by Crippen LogP contribution is 2.17. The van der Waals surface area contributed by atoms with Crippen LogP contribution >= 0.6 is 11.6 Å². The second-order valence-corrected chi connectivity index (χ2v) is 6.02. The van der Waals surface area contributed by atoms with Crippen LogP contribution in [0, 0.1) is 6.92 Å². The maximum absolute atomic E-state index is 11.9. The van der Waals surface area contributed by atoms with Gasteiger partial charge in [-0.05, 0) is 50.5 Å². The van der Waals surface area contributed by atoms with E-state index in [1.807, 2.05) is 19.1 Å². The number of carbonyl (C=O) groups excluding carboxylic acids is 1. The van der Waals surface area contributed by atoms with Gasteiger partial charge in [0.2, 0.25) is 5.91 Å². The molecule has 5 heteroatoms. The van der Waals surface area contributed by atoms with Crippen LogP contribution in [0.25, 0.3) is 6.08 Å². The molecule has 0 saturated heterocycles. The summed E-state index contributed by atoms with van der Waals surface area (Å²) in [6, 6.07) is 5.55. The topological polar surface area (TPSA) is 66.4 Å². The summed E-state index contributed by atoms with van der Waals surface area (Å²) >= 11 is 6.02. The van der Waals surface area contributed by atoms with E-state index >= 15 is 0 Å². The largest absolute Gasteiger partial charge is 0.481 e. The normalized spacial score (nSPS) is 11.6. The zero-order valence-corrected chi connectivity index (χ0v) is 13.2. The van der Waals surface area contributed by atoms with Gasteiger partial charge in [-0.15, -0.1) is 0 Å². The number of nitrogens with one attached hydrogen (secondary N) is 1. The fourth-order valence-corrected chi connectivity index (χ4v) is 1.93. The number of rotatable bonds is 6. The van der Waals surface area contributed by atoms with Crippen molar-refractivity contribution in [3.8, 4) is 0 Å². The Morgan fingerprint density at radius 3 is 2.62 bits per heavy atom. The number of benzene rings is 1. The summed E-state index contributed by atoms with van der Waals surface area (Å²) < 4.78 is 0. The van der Waals surface area contributed by atoms with Crippen molar-refractivity contribution in [2.24, 2.45) is 0 Å². The summed E-state index contributed by atoms with van der Waals surface area (Å²) in [5.74, 6) is -1.13. The number of carbonyl (C=O) groups is 2. The predicted octanol–water partition coefficient (Wildman–Crippen LogP) is 3.42. The standard InChI is InChI=1S/C16H20ClNO3/c1-11-4-5-12(10-13(11)17)6-7-14(19)18-16(2,3)9-8-15(20)21/h4-7,10H,8-9H2,1-3H3,(H,18,19)(H,20,21). The summed E-state index contributed by atoms with van der Waals surface area (Å²) in [5.41, 5.74) is 1.25. The van der Waals surface area contributed by atoms with Crippen LogP contribution in [0.5, 0.6) is 0 Å². The molecule has 0 aliphatic rings. The number of carboxylic acids is 1. The van der Waals surface area contributed by atoms with Crippen molar-refractivity contribution in [2.75, 3.05) is 0 Å². The minimum Gasteiger partial charge on any atom is -0.481 e. The van der Waals surface area contributed by atoms with E-state index in [-0.39, 0.29) is 12.3 Å². The molecule has 114 valence electrons. The molecule has 0 aromatic heterocycles. The second-order valence-electron chi connectivity index (χ2n) is 5.61. The van der Waals surface area contributed by atoms with Gasteiger partial charge in [0.05, 0.1) is 0 Å². The highest BCUT2D eigenvalue weighted by molar-refractivity contribution is 6.31. The zero-order chi connectivity index (χ0) is 16.0. The Balaban J connectivity index is 2.61. The van der Waals surface area contributed by atoms with Gasteiger partial charge in [0.15, 0.2) is 0 Å². The molecule has 0 fully saturated rings. The Labute approximate surface area is 129 Å². The first-order chi connectivity index (χ1) is 9.69. The molecule has 0 unspecified atom stereocenters. The monoisotopic (exact) mass is 309 g/mol. The van der Waals surface area contributed by atoms with Gasteiger partial charge in [-0.2, -0.15) is 0 Å². The van der Waals surface area contributed by atoms with E-state index in [9.17, 15) is 9.59 Å². The van der Waals surface area contributed by atoms with Crippen LogP contribution in [-0.4, -0.2) is 22.5 Å². The summed E-state index contributed by atoms with van der Waals surface area (Å²) in [5, 5.41) is 12.1. The quantitative estimate of drug-likeness (QED) is 0.791. The Morgan fingerprint density at radius 1 is 1.38 bits per heavy atom. The molecule has 0 atom stereocenters. The third-order valence-corrected chi connectivity index (χ3v) is 3.46. The molecular formula is C16H20ClNO3. The number of hydrogen-bond acceptors (Lipinski definition) is 2. The molecule has 1 aromatic carbocycles. The highest BCUT2D eigenvalue weighted by atomic mass is 35.5. The average Bonchev–Trinajstić information content (AvgIpc) is 2.37. The predicted molar refractivity (Wildman–Crippen MR) is 84.3 cm³/mol. The molecule has 0 radical (unpaired) electrons. The van der Waals surface area contributed by atoms with Crippen LogP contribution in [0.2, 0.25) is 5.02 Å². The van der Waals surface area contributed by atoms with Gasteiger partial charge >= 0.3 is 5.97 Å². The van der Waals surface area contributed by atoms with Crippen LogP contribution in [0.4, 0.5) is 0 Å². The van der Waals surface area contributed by atoms with Crippen molar-refractivity contribution in [2.45, 2.75) is 39.2 Å². The molecule has 0 bridgehead atoms. The molecule has 0 spiro atoms. The molecule has 0 saturated carbocycles. The van der Waals surface area contributed by atoms with Gasteiger partial charge < -0.3 is 10.4 Å². The number of amides is 1. The molecule has 4 nitrogen and oxygen atoms in total. The first-order valence-electron chi connectivity index (χ1n) is 6.68. The Kier molecular flexibility index (Phi) is 5.97. The number of hydrogen-bond donors (Lipinski definition) is 2. The third-order valence-electron chi connectivity index (χ3n) is 3.05. The van der Waals surface area contributed by atoms with Crippen LogP contribution < -0.4 is 5.32 Å². The fourth-order valence-electron chi connectivity index (χ4n) is 1.74. The Bertz CT molecular complexity index is 565. The van der Waals surface area contributed by atoms with Gasteiger partial charge in [0.1, 0.15) is 0 Å². The second kappa shape index (κ2) is 7.27. The summed E-state index contributed by atoms with van der Waals surface area (Å²) in [7, 11) is 0. The number of aryl methyl sites for hydroxylation is 1. The third kappa shape index (κ3) is 6.45. The SMILES string of the molecule is Cc1ccc(C=CC(=O)NC(C)(C)CCC(=O)O)cc1Cl. The minimum atomic E-state index is -0.873. The maximum atomic E-state index is 11.9. The lowest BCUT2D eigenvalue weighted by atomic mass is 9.98. The van der Waals surface area contributed by atoms with Crippen molar-refractivity contribution in [1.82, 2.24) is 5.32 Å². The average molecular weight is 310 g/mol. The Hall–Kier alpha value is -1.81. The van der Waals surface area contributed by atoms with Gasteiger partial charge in [-0.3, -0.25) is 9.59 Å². The lowest BCUT2D eigenvalue weighted by Crippen LogP contribution is -2.42. The van der Waals surface area contributed by atoms with Crippen LogP contribution in [-0.2, 0) is 9.59 Å². The summed E-state index contributed by atoms with van der Waals surface area (Å²) in [4.78, 5) is 22.4. The first-order valence-corrected chi connectivity index (χ1v) is 7.05. The van der Waals surface area contributed by atoms with Gasteiger partial charge in [-0.25, -0.2) is 0 Å². The summed E-state index contributed by atoms with van der Waals surface area (Å²) in [6.45, 7) is 5.50. The molecular weight excluding hydrogens is 290 g/mol. The molecule has 0 aliphatic carbocycles. The minimum absolute atomic E-state index is 0.0184. The van der Waals surface area contributed by atoms with Crippen LogP contribution in [0.1, 0.15) is 37.8 Å². The zero-order valence-electron chi connectivity index (χ0n) is 12.4. The fraction of sp³-hybridized carbons (Fsp3) is 0.375. The van der Waals surface area contributed by atoms with E-state index < -0.39 is 11.5 Å².